The molecule has 0 N–H and O–H groups in total. The molecule has 0 aliphatic rings. The van der Waals surface area contributed by atoms with Crippen molar-refractivity contribution in [1.82, 2.24) is 0 Å². The molecular formula is C16H25N3O2. The van der Waals surface area contributed by atoms with Gasteiger partial charge in [-0.25, -0.2) is 0 Å². The Morgan fingerprint density at radius 2 is 2.10 bits per heavy atom. The molecule has 0 saturated carbocycles. The van der Waals surface area contributed by atoms with Gasteiger partial charge in [0, 0.05) is 29.7 Å². The van der Waals surface area contributed by atoms with Gasteiger partial charge in [0.25, 0.3) is 0 Å². The van der Waals surface area contributed by atoms with E-state index in [4.69, 9.17) is 5.53 Å². The number of carbonyl (C=O) groups excluding carboxylic acids is 2. The predicted octanol–water partition coefficient (Wildman–Crippen LogP) is 4.54. The first-order valence-corrected chi connectivity index (χ1v) is 7.42. The lowest BCUT2D eigenvalue weighted by molar-refractivity contribution is -0.126. The van der Waals surface area contributed by atoms with Gasteiger partial charge in [0.05, 0.1) is 0 Å². The van der Waals surface area contributed by atoms with Crippen LogP contribution in [0.2, 0.25) is 0 Å². The van der Waals surface area contributed by atoms with E-state index in [-0.39, 0.29) is 29.9 Å². The van der Waals surface area contributed by atoms with E-state index in [1.807, 2.05) is 6.92 Å². The molecule has 0 radical (unpaired) electrons. The van der Waals surface area contributed by atoms with E-state index in [0.29, 0.717) is 19.3 Å². The monoisotopic (exact) mass is 291 g/mol. The van der Waals surface area contributed by atoms with Crippen molar-refractivity contribution >= 4 is 11.6 Å². The highest BCUT2D eigenvalue weighted by Crippen LogP contribution is 2.18. The quantitative estimate of drug-likeness (QED) is 0.174. The second-order valence-corrected chi connectivity index (χ2v) is 5.04. The summed E-state index contributed by atoms with van der Waals surface area (Å²) >= 11 is 0. The molecule has 0 amide bonds. The van der Waals surface area contributed by atoms with Crippen molar-refractivity contribution in [3.8, 4) is 0 Å². The van der Waals surface area contributed by atoms with E-state index < -0.39 is 0 Å². The maximum absolute atomic E-state index is 12.2. The van der Waals surface area contributed by atoms with Crippen molar-refractivity contribution in [2.24, 2.45) is 11.0 Å². The van der Waals surface area contributed by atoms with Crippen molar-refractivity contribution in [3.05, 3.63) is 35.2 Å². The second kappa shape index (κ2) is 11.9. The highest BCUT2D eigenvalue weighted by Gasteiger charge is 2.20. The zero-order valence-electron chi connectivity index (χ0n) is 13.0. The van der Waals surface area contributed by atoms with E-state index in [1.165, 1.54) is 6.08 Å². The average Bonchev–Trinajstić information content (AvgIpc) is 2.44. The summed E-state index contributed by atoms with van der Waals surface area (Å²) in [6.07, 6.45) is 8.15. The number of nitrogens with zero attached hydrogens (tertiary/aromatic N) is 3. The number of hydrogen-bond acceptors (Lipinski definition) is 3. The van der Waals surface area contributed by atoms with Crippen LogP contribution in [0.1, 0.15) is 52.4 Å². The van der Waals surface area contributed by atoms with Gasteiger partial charge in [-0.1, -0.05) is 30.6 Å². The van der Waals surface area contributed by atoms with Gasteiger partial charge in [0.2, 0.25) is 0 Å². The van der Waals surface area contributed by atoms with Gasteiger partial charge in [-0.3, -0.25) is 9.59 Å². The van der Waals surface area contributed by atoms with Crippen molar-refractivity contribution in [1.29, 1.82) is 0 Å². The minimum absolute atomic E-state index is 0.0120. The molecule has 0 aromatic heterocycles. The molecule has 0 aliphatic carbocycles. The normalized spacial score (nSPS) is 13.4. The highest BCUT2D eigenvalue weighted by molar-refractivity contribution is 5.93. The summed E-state index contributed by atoms with van der Waals surface area (Å²) in [5, 5.41) is 3.66. The predicted molar refractivity (Wildman–Crippen MR) is 84.8 cm³/mol. The number of azide groups is 1. The minimum atomic E-state index is -0.232. The number of allylic oxidation sites excluding steroid dienone is 2. The largest absolute Gasteiger partial charge is 0.299 e. The molecule has 0 aliphatic heterocycles. The lowest BCUT2D eigenvalue weighted by Crippen LogP contribution is -2.19. The first kappa shape index (κ1) is 19.1. The average molecular weight is 291 g/mol. The minimum Gasteiger partial charge on any atom is -0.299 e. The summed E-state index contributed by atoms with van der Waals surface area (Å²) in [6, 6.07) is -0.232. The van der Waals surface area contributed by atoms with E-state index >= 15 is 0 Å². The van der Waals surface area contributed by atoms with Crippen LogP contribution in [0.5, 0.6) is 0 Å². The van der Waals surface area contributed by atoms with Gasteiger partial charge in [-0.2, -0.15) is 0 Å². The summed E-state index contributed by atoms with van der Waals surface area (Å²) in [5.74, 6) is -0.159. The van der Waals surface area contributed by atoms with Crippen LogP contribution < -0.4 is 0 Å². The molecule has 0 bridgehead atoms. The van der Waals surface area contributed by atoms with Crippen LogP contribution >= 0.6 is 0 Å². The molecule has 116 valence electrons. The molecular weight excluding hydrogens is 266 g/mol. The summed E-state index contributed by atoms with van der Waals surface area (Å²) in [5.41, 5.74) is 8.49. The number of Topliss-reactive ketones (excluding diaryl/α,β-unsaturated/α-hetero) is 1. The SMILES string of the molecule is C=CC[C@H](CCC(=O)C(CCC)CC(=O)/C=C/C)N=[N+]=[N-]. The second-order valence-electron chi connectivity index (χ2n) is 5.04. The zero-order valence-corrected chi connectivity index (χ0v) is 13.0. The van der Waals surface area contributed by atoms with Gasteiger partial charge >= 0.3 is 0 Å². The van der Waals surface area contributed by atoms with Crippen molar-refractivity contribution in [2.75, 3.05) is 0 Å². The molecule has 21 heavy (non-hydrogen) atoms. The Kier molecular flexibility index (Phi) is 10.9. The third-order valence-electron chi connectivity index (χ3n) is 3.27. The molecule has 0 saturated heterocycles. The van der Waals surface area contributed by atoms with Gasteiger partial charge < -0.3 is 0 Å². The van der Waals surface area contributed by atoms with Crippen molar-refractivity contribution < 1.29 is 9.59 Å². The Bertz CT molecular complexity index is 423. The molecule has 5 nitrogen and oxygen atoms in total. The van der Waals surface area contributed by atoms with Gasteiger partial charge in [0.1, 0.15) is 5.78 Å². The fourth-order valence-electron chi connectivity index (χ4n) is 2.22. The van der Waals surface area contributed by atoms with E-state index in [2.05, 4.69) is 16.6 Å². The van der Waals surface area contributed by atoms with Crippen LogP contribution in [-0.2, 0) is 9.59 Å². The van der Waals surface area contributed by atoms with Crippen molar-refractivity contribution in [3.63, 3.8) is 0 Å². The Balaban J connectivity index is 4.55. The first-order valence-electron chi connectivity index (χ1n) is 7.42. The van der Waals surface area contributed by atoms with E-state index in [1.54, 1.807) is 19.1 Å². The van der Waals surface area contributed by atoms with Crippen LogP contribution in [0.4, 0.5) is 0 Å². The van der Waals surface area contributed by atoms with Gasteiger partial charge in [0.15, 0.2) is 5.78 Å². The van der Waals surface area contributed by atoms with Crippen molar-refractivity contribution in [2.45, 2.75) is 58.4 Å². The molecule has 0 aromatic carbocycles. The third-order valence-corrected chi connectivity index (χ3v) is 3.27. The fourth-order valence-corrected chi connectivity index (χ4v) is 2.22. The molecule has 2 atom stereocenters. The molecule has 1 unspecified atom stereocenters. The first-order chi connectivity index (χ1) is 10.1. The zero-order chi connectivity index (χ0) is 16.1. The molecule has 0 fully saturated rings. The maximum Gasteiger partial charge on any atom is 0.156 e. The lowest BCUT2D eigenvalue weighted by Gasteiger charge is -2.15. The van der Waals surface area contributed by atoms with E-state index in [9.17, 15) is 9.59 Å². The molecule has 0 heterocycles. The third kappa shape index (κ3) is 8.82. The lowest BCUT2D eigenvalue weighted by atomic mass is 9.89. The Morgan fingerprint density at radius 3 is 2.62 bits per heavy atom. The van der Waals surface area contributed by atoms with Crippen LogP contribution in [0, 0.1) is 5.92 Å². The number of rotatable bonds is 12. The summed E-state index contributed by atoms with van der Waals surface area (Å²) in [6.45, 7) is 7.40. The van der Waals surface area contributed by atoms with Gasteiger partial charge in [-0.15, -0.1) is 6.58 Å². The number of ketones is 2. The number of carbonyl (C=O) groups is 2. The summed E-state index contributed by atoms with van der Waals surface area (Å²) < 4.78 is 0. The summed E-state index contributed by atoms with van der Waals surface area (Å²) in [4.78, 5) is 26.7. The maximum atomic E-state index is 12.2. The van der Waals surface area contributed by atoms with Crippen LogP contribution in [0.25, 0.3) is 10.4 Å². The van der Waals surface area contributed by atoms with Crippen LogP contribution in [-0.4, -0.2) is 17.6 Å². The number of hydrogen-bond donors (Lipinski definition) is 0. The Labute approximate surface area is 126 Å². The van der Waals surface area contributed by atoms with Crippen LogP contribution in [0.3, 0.4) is 0 Å². The molecule has 5 heteroatoms. The highest BCUT2D eigenvalue weighted by atomic mass is 16.1. The topological polar surface area (TPSA) is 82.9 Å². The fraction of sp³-hybridized carbons (Fsp3) is 0.625. The van der Waals surface area contributed by atoms with Gasteiger partial charge in [-0.05, 0) is 37.8 Å². The van der Waals surface area contributed by atoms with E-state index in [0.717, 1.165) is 12.8 Å². The summed E-state index contributed by atoms with van der Waals surface area (Å²) in [7, 11) is 0. The Hall–Kier alpha value is -1.87. The smallest absolute Gasteiger partial charge is 0.156 e. The standard InChI is InChI=1S/C16H25N3O2/c1-4-7-13(12-15(20)9-6-3)16(21)11-10-14(8-5-2)18-19-17/h5-6,9,13-14H,2,4,7-8,10-12H2,1,3H3/b9-6+/t13?,14-/m1/s1. The van der Waals surface area contributed by atoms with Crippen LogP contribution in [0.15, 0.2) is 29.9 Å². The molecule has 0 aromatic rings. The molecule has 0 spiro atoms. The Morgan fingerprint density at radius 1 is 1.38 bits per heavy atom. The molecule has 0 rings (SSSR count).